The van der Waals surface area contributed by atoms with Crippen molar-refractivity contribution in [2.45, 2.75) is 13.2 Å². The Labute approximate surface area is 176 Å². The van der Waals surface area contributed by atoms with Crippen LogP contribution in [0.15, 0.2) is 40.8 Å². The zero-order chi connectivity index (χ0) is 23.4. The molecule has 1 aromatic heterocycles. The van der Waals surface area contributed by atoms with Gasteiger partial charge in [-0.15, -0.1) is 0 Å². The molecule has 32 heavy (non-hydrogen) atoms. The fraction of sp³-hybridized carbons (Fsp3) is 0.150. The minimum absolute atomic E-state index is 0.0357. The molecule has 1 heterocycles. The standard InChI is InChI=1S/C20H13F6NO5/c1-29-15-6-9(2-4-13(15)32-20(25)26)27-19(28)14-5-3-10(31-14)8-30-18-16(23)11(21)7-12(22)17(18)24/h2-7,20H,8H2,1H3,(H,27,28). The van der Waals surface area contributed by atoms with Gasteiger partial charge in [0.15, 0.2) is 34.6 Å². The van der Waals surface area contributed by atoms with Gasteiger partial charge in [0.2, 0.25) is 11.6 Å². The lowest BCUT2D eigenvalue weighted by Crippen LogP contribution is -2.11. The van der Waals surface area contributed by atoms with Gasteiger partial charge in [-0.2, -0.15) is 17.6 Å². The number of hydrogen-bond donors (Lipinski definition) is 1. The van der Waals surface area contributed by atoms with Crippen molar-refractivity contribution in [2.24, 2.45) is 0 Å². The normalized spacial score (nSPS) is 10.9. The average molecular weight is 461 g/mol. The van der Waals surface area contributed by atoms with E-state index in [9.17, 15) is 31.1 Å². The summed E-state index contributed by atoms with van der Waals surface area (Å²) in [6.07, 6.45) is 0. The van der Waals surface area contributed by atoms with Crippen LogP contribution in [0.4, 0.5) is 32.0 Å². The largest absolute Gasteiger partial charge is 0.493 e. The number of hydrogen-bond acceptors (Lipinski definition) is 5. The number of furan rings is 1. The number of ether oxygens (including phenoxy) is 3. The van der Waals surface area contributed by atoms with Crippen molar-refractivity contribution in [1.82, 2.24) is 0 Å². The molecule has 3 aromatic rings. The summed E-state index contributed by atoms with van der Waals surface area (Å²) in [5, 5.41) is 2.42. The summed E-state index contributed by atoms with van der Waals surface area (Å²) in [6.45, 7) is -3.71. The molecule has 1 N–H and O–H groups in total. The second-order valence-electron chi connectivity index (χ2n) is 6.05. The van der Waals surface area contributed by atoms with Gasteiger partial charge in [0, 0.05) is 17.8 Å². The van der Waals surface area contributed by atoms with Crippen LogP contribution < -0.4 is 19.5 Å². The number of alkyl halides is 2. The van der Waals surface area contributed by atoms with Crippen LogP contribution in [0.25, 0.3) is 0 Å². The number of rotatable bonds is 8. The molecule has 6 nitrogen and oxygen atoms in total. The molecule has 0 atom stereocenters. The van der Waals surface area contributed by atoms with E-state index in [1.54, 1.807) is 0 Å². The Bertz CT molecular complexity index is 1110. The molecule has 0 bridgehead atoms. The maximum Gasteiger partial charge on any atom is 0.387 e. The van der Waals surface area contributed by atoms with E-state index in [0.29, 0.717) is 0 Å². The van der Waals surface area contributed by atoms with E-state index in [-0.39, 0.29) is 34.8 Å². The number of carbonyl (C=O) groups is 1. The van der Waals surface area contributed by atoms with Gasteiger partial charge >= 0.3 is 6.61 Å². The Balaban J connectivity index is 1.68. The SMILES string of the molecule is COc1cc(NC(=O)c2ccc(COc3c(F)c(F)cc(F)c3F)o2)ccc1OC(F)F. The number of benzene rings is 2. The molecule has 0 aliphatic carbocycles. The molecule has 0 aliphatic heterocycles. The second kappa shape index (κ2) is 9.54. The lowest BCUT2D eigenvalue weighted by atomic mass is 10.2. The maximum absolute atomic E-state index is 13.6. The summed E-state index contributed by atoms with van der Waals surface area (Å²) in [5.41, 5.74) is 0.155. The van der Waals surface area contributed by atoms with Crippen LogP contribution in [0.5, 0.6) is 17.2 Å². The number of anilines is 1. The average Bonchev–Trinajstić information content (AvgIpc) is 3.22. The van der Waals surface area contributed by atoms with Gasteiger partial charge in [-0.1, -0.05) is 0 Å². The third-order valence-corrected chi connectivity index (χ3v) is 3.95. The van der Waals surface area contributed by atoms with Gasteiger partial charge in [-0.25, -0.2) is 8.78 Å². The van der Waals surface area contributed by atoms with Crippen LogP contribution in [0.2, 0.25) is 0 Å². The monoisotopic (exact) mass is 461 g/mol. The van der Waals surface area contributed by atoms with E-state index >= 15 is 0 Å². The van der Waals surface area contributed by atoms with E-state index < -0.39 is 48.1 Å². The van der Waals surface area contributed by atoms with E-state index in [1.165, 1.54) is 31.4 Å². The van der Waals surface area contributed by atoms with Crippen LogP contribution in [0, 0.1) is 23.3 Å². The molecular formula is C20H13F6NO5. The molecule has 0 saturated heterocycles. The van der Waals surface area contributed by atoms with Crippen molar-refractivity contribution in [1.29, 1.82) is 0 Å². The molecule has 0 unspecified atom stereocenters. The van der Waals surface area contributed by atoms with Crippen LogP contribution in [-0.4, -0.2) is 19.6 Å². The molecule has 0 spiro atoms. The van der Waals surface area contributed by atoms with Gasteiger partial charge in [0.25, 0.3) is 5.91 Å². The van der Waals surface area contributed by atoms with E-state index in [4.69, 9.17) is 13.9 Å². The first kappa shape index (κ1) is 22.8. The first-order valence-corrected chi connectivity index (χ1v) is 8.68. The Hall–Kier alpha value is -3.83. The summed E-state index contributed by atoms with van der Waals surface area (Å²) in [7, 11) is 1.22. The van der Waals surface area contributed by atoms with Crippen LogP contribution >= 0.6 is 0 Å². The topological polar surface area (TPSA) is 69.9 Å². The van der Waals surface area contributed by atoms with Crippen molar-refractivity contribution in [3.05, 3.63) is 71.2 Å². The Kier molecular flexibility index (Phi) is 6.81. The molecule has 0 fully saturated rings. The van der Waals surface area contributed by atoms with Crippen LogP contribution in [0.3, 0.4) is 0 Å². The maximum atomic E-state index is 13.6. The number of nitrogens with one attached hydrogen (secondary N) is 1. The van der Waals surface area contributed by atoms with Crippen molar-refractivity contribution >= 4 is 11.6 Å². The number of amides is 1. The summed E-state index contributed by atoms with van der Waals surface area (Å²) in [6, 6.07) is 6.14. The molecule has 0 radical (unpaired) electrons. The number of halogens is 6. The first-order valence-electron chi connectivity index (χ1n) is 8.68. The van der Waals surface area contributed by atoms with Crippen LogP contribution in [0.1, 0.15) is 16.3 Å². The predicted molar refractivity (Wildman–Crippen MR) is 96.9 cm³/mol. The first-order chi connectivity index (χ1) is 15.2. The fourth-order valence-corrected chi connectivity index (χ4v) is 2.53. The highest BCUT2D eigenvalue weighted by molar-refractivity contribution is 6.02. The molecule has 0 saturated carbocycles. The van der Waals surface area contributed by atoms with Gasteiger partial charge in [0.1, 0.15) is 12.4 Å². The number of carbonyl (C=O) groups excluding carboxylic acids is 1. The molecule has 0 aliphatic rings. The highest BCUT2D eigenvalue weighted by Crippen LogP contribution is 2.32. The molecule has 2 aromatic carbocycles. The van der Waals surface area contributed by atoms with E-state index in [1.807, 2.05) is 0 Å². The zero-order valence-electron chi connectivity index (χ0n) is 16.1. The summed E-state index contributed by atoms with van der Waals surface area (Å²) >= 11 is 0. The molecule has 12 heteroatoms. The number of methoxy groups -OCH3 is 1. The minimum Gasteiger partial charge on any atom is -0.493 e. The summed E-state index contributed by atoms with van der Waals surface area (Å²) < 4.78 is 97.6. The van der Waals surface area contributed by atoms with E-state index in [2.05, 4.69) is 10.1 Å². The zero-order valence-corrected chi connectivity index (χ0v) is 16.1. The van der Waals surface area contributed by atoms with Crippen molar-refractivity contribution in [3.63, 3.8) is 0 Å². The fourth-order valence-electron chi connectivity index (χ4n) is 2.53. The molecular weight excluding hydrogens is 448 g/mol. The molecule has 170 valence electrons. The minimum atomic E-state index is -3.07. The van der Waals surface area contributed by atoms with Gasteiger partial charge in [-0.05, 0) is 24.3 Å². The third kappa shape index (κ3) is 5.07. The molecule has 3 rings (SSSR count). The van der Waals surface area contributed by atoms with Gasteiger partial charge in [-0.3, -0.25) is 4.79 Å². The molecule has 1 amide bonds. The smallest absolute Gasteiger partial charge is 0.387 e. The van der Waals surface area contributed by atoms with Crippen molar-refractivity contribution in [2.75, 3.05) is 12.4 Å². The van der Waals surface area contributed by atoms with Crippen LogP contribution in [-0.2, 0) is 6.61 Å². The van der Waals surface area contributed by atoms with Gasteiger partial charge < -0.3 is 23.9 Å². The summed E-state index contributed by atoms with van der Waals surface area (Å²) in [4.78, 5) is 12.3. The highest BCUT2D eigenvalue weighted by atomic mass is 19.3. The third-order valence-electron chi connectivity index (χ3n) is 3.95. The quantitative estimate of drug-likeness (QED) is 0.365. The Morgan fingerprint density at radius 1 is 1.00 bits per heavy atom. The van der Waals surface area contributed by atoms with Crippen molar-refractivity contribution in [3.8, 4) is 17.2 Å². The Morgan fingerprint density at radius 2 is 1.69 bits per heavy atom. The van der Waals surface area contributed by atoms with E-state index in [0.717, 1.165) is 6.07 Å². The van der Waals surface area contributed by atoms with Gasteiger partial charge in [0.05, 0.1) is 7.11 Å². The summed E-state index contributed by atoms with van der Waals surface area (Å²) in [5.74, 6) is -9.41. The van der Waals surface area contributed by atoms with Crippen molar-refractivity contribution < 1.29 is 49.8 Å². The Morgan fingerprint density at radius 3 is 2.31 bits per heavy atom. The predicted octanol–water partition coefficient (Wildman–Crippen LogP) is 5.28. The lowest BCUT2D eigenvalue weighted by molar-refractivity contribution is -0.0512. The second-order valence-corrected chi connectivity index (χ2v) is 6.05. The highest BCUT2D eigenvalue weighted by Gasteiger charge is 2.21. The lowest BCUT2D eigenvalue weighted by Gasteiger charge is -2.11.